The van der Waals surface area contributed by atoms with E-state index in [1.807, 2.05) is 73.7 Å². The Kier molecular flexibility index (Phi) is 6.63. The van der Waals surface area contributed by atoms with Crippen LogP contribution in [0.5, 0.6) is 11.5 Å². The van der Waals surface area contributed by atoms with Crippen molar-refractivity contribution < 1.29 is 19.1 Å². The normalized spacial score (nSPS) is 18.0. The van der Waals surface area contributed by atoms with E-state index in [2.05, 4.69) is 5.32 Å². The zero-order valence-electron chi connectivity index (χ0n) is 19.1. The molecule has 170 valence electrons. The number of rotatable bonds is 6. The van der Waals surface area contributed by atoms with Gasteiger partial charge in [0, 0.05) is 12.1 Å². The van der Waals surface area contributed by atoms with Gasteiger partial charge in [-0.05, 0) is 55.3 Å². The third kappa shape index (κ3) is 4.70. The first-order chi connectivity index (χ1) is 16.0. The van der Waals surface area contributed by atoms with Gasteiger partial charge in [-0.15, -0.1) is 0 Å². The lowest BCUT2D eigenvalue weighted by Crippen LogP contribution is -2.47. The number of carbonyl (C=O) groups excluding carboxylic acids is 2. The fourth-order valence-electron chi connectivity index (χ4n) is 4.33. The van der Waals surface area contributed by atoms with Gasteiger partial charge in [0.2, 0.25) is 11.8 Å². The predicted molar refractivity (Wildman–Crippen MR) is 129 cm³/mol. The van der Waals surface area contributed by atoms with Crippen LogP contribution in [0.4, 0.5) is 11.4 Å². The van der Waals surface area contributed by atoms with Crippen molar-refractivity contribution in [2.75, 3.05) is 24.4 Å². The number of hydrogen-bond acceptors (Lipinski definition) is 4. The van der Waals surface area contributed by atoms with Crippen LogP contribution in [0, 0.1) is 12.8 Å². The molecule has 0 radical (unpaired) electrons. The second-order valence-corrected chi connectivity index (χ2v) is 8.15. The van der Waals surface area contributed by atoms with Crippen molar-refractivity contribution in [2.45, 2.75) is 25.8 Å². The fourth-order valence-corrected chi connectivity index (χ4v) is 4.33. The summed E-state index contributed by atoms with van der Waals surface area (Å²) in [4.78, 5) is 28.5. The van der Waals surface area contributed by atoms with E-state index in [-0.39, 0.29) is 11.8 Å². The molecule has 0 saturated carbocycles. The summed E-state index contributed by atoms with van der Waals surface area (Å²) in [6.45, 7) is 2.01. The Morgan fingerprint density at radius 2 is 1.64 bits per heavy atom. The van der Waals surface area contributed by atoms with Crippen LogP contribution in [0.3, 0.4) is 0 Å². The van der Waals surface area contributed by atoms with Crippen molar-refractivity contribution in [2.24, 2.45) is 5.92 Å². The van der Waals surface area contributed by atoms with Gasteiger partial charge in [-0.1, -0.05) is 42.0 Å². The lowest BCUT2D eigenvalue weighted by atomic mass is 9.83. The van der Waals surface area contributed by atoms with Gasteiger partial charge >= 0.3 is 0 Å². The number of hydrogen-bond donors (Lipinski definition) is 1. The van der Waals surface area contributed by atoms with E-state index in [1.165, 1.54) is 0 Å². The molecular formula is C27H28N2O4. The average Bonchev–Trinajstić information content (AvgIpc) is 2.85. The van der Waals surface area contributed by atoms with Crippen molar-refractivity contribution in [3.63, 3.8) is 0 Å². The summed E-state index contributed by atoms with van der Waals surface area (Å²) in [6, 6.07) is 22.3. The highest BCUT2D eigenvalue weighted by Crippen LogP contribution is 2.41. The molecule has 0 aliphatic carbocycles. The van der Waals surface area contributed by atoms with Crippen LogP contribution in [0.2, 0.25) is 0 Å². The largest absolute Gasteiger partial charge is 0.497 e. The number of amides is 2. The van der Waals surface area contributed by atoms with Crippen LogP contribution in [-0.2, 0) is 9.59 Å². The third-order valence-corrected chi connectivity index (χ3v) is 6.07. The van der Waals surface area contributed by atoms with Gasteiger partial charge in [0.05, 0.1) is 31.9 Å². The van der Waals surface area contributed by atoms with Crippen molar-refractivity contribution in [1.29, 1.82) is 0 Å². The van der Waals surface area contributed by atoms with Gasteiger partial charge in [0.1, 0.15) is 11.5 Å². The van der Waals surface area contributed by atoms with E-state index in [4.69, 9.17) is 9.47 Å². The highest BCUT2D eigenvalue weighted by Gasteiger charge is 2.41. The summed E-state index contributed by atoms with van der Waals surface area (Å²) >= 11 is 0. The number of nitrogens with one attached hydrogen (secondary N) is 1. The van der Waals surface area contributed by atoms with Crippen molar-refractivity contribution in [3.8, 4) is 11.5 Å². The molecule has 6 nitrogen and oxygen atoms in total. The highest BCUT2D eigenvalue weighted by molar-refractivity contribution is 6.00. The molecule has 4 rings (SSSR count). The number of carbonyl (C=O) groups is 2. The molecule has 1 fully saturated rings. The first-order valence-corrected chi connectivity index (χ1v) is 11.0. The van der Waals surface area contributed by atoms with Gasteiger partial charge in [-0.3, -0.25) is 9.59 Å². The summed E-state index contributed by atoms with van der Waals surface area (Å²) in [5, 5.41) is 3.02. The second kappa shape index (κ2) is 9.77. The van der Waals surface area contributed by atoms with E-state index in [0.29, 0.717) is 24.3 Å². The molecule has 1 aliphatic heterocycles. The molecule has 2 unspecified atom stereocenters. The molecule has 0 bridgehead atoms. The van der Waals surface area contributed by atoms with Gasteiger partial charge in [0.15, 0.2) is 0 Å². The molecule has 1 heterocycles. The van der Waals surface area contributed by atoms with Crippen LogP contribution < -0.4 is 19.7 Å². The van der Waals surface area contributed by atoms with Crippen LogP contribution in [0.25, 0.3) is 0 Å². The summed E-state index contributed by atoms with van der Waals surface area (Å²) in [6.07, 6.45) is 0.753. The maximum Gasteiger partial charge on any atom is 0.230 e. The lowest BCUT2D eigenvalue weighted by molar-refractivity contribution is -0.125. The van der Waals surface area contributed by atoms with Crippen molar-refractivity contribution >= 4 is 23.2 Å². The first-order valence-electron chi connectivity index (χ1n) is 11.0. The minimum Gasteiger partial charge on any atom is -0.497 e. The number of para-hydroxylation sites is 2. The third-order valence-electron chi connectivity index (χ3n) is 6.07. The van der Waals surface area contributed by atoms with Gasteiger partial charge in [-0.2, -0.15) is 0 Å². The monoisotopic (exact) mass is 444 g/mol. The highest BCUT2D eigenvalue weighted by atomic mass is 16.5. The molecule has 2 atom stereocenters. The summed E-state index contributed by atoms with van der Waals surface area (Å²) in [7, 11) is 3.19. The Morgan fingerprint density at radius 3 is 2.30 bits per heavy atom. The first kappa shape index (κ1) is 22.4. The topological polar surface area (TPSA) is 67.9 Å². The molecular weight excluding hydrogens is 416 g/mol. The molecule has 2 amide bonds. The number of benzene rings is 3. The fraction of sp³-hybridized carbons (Fsp3) is 0.259. The predicted octanol–water partition coefficient (Wildman–Crippen LogP) is 5.14. The zero-order valence-corrected chi connectivity index (χ0v) is 19.1. The molecule has 6 heteroatoms. The Bertz CT molecular complexity index is 1130. The number of anilines is 2. The smallest absolute Gasteiger partial charge is 0.230 e. The second-order valence-electron chi connectivity index (χ2n) is 8.15. The molecule has 3 aromatic carbocycles. The minimum atomic E-state index is -0.449. The number of methoxy groups -OCH3 is 2. The maximum absolute atomic E-state index is 13.6. The van der Waals surface area contributed by atoms with E-state index in [1.54, 1.807) is 25.2 Å². The molecule has 3 aromatic rings. The quantitative estimate of drug-likeness (QED) is 0.572. The Morgan fingerprint density at radius 1 is 0.939 bits per heavy atom. The van der Waals surface area contributed by atoms with E-state index in [9.17, 15) is 9.59 Å². The van der Waals surface area contributed by atoms with E-state index in [0.717, 1.165) is 22.6 Å². The standard InChI is InChI=1S/C27H28N2O4/c1-18-8-12-20(13-9-18)29-25(30)17-16-22(26(29)19-10-14-21(32-2)15-11-19)27(31)28-23-6-4-5-7-24(23)33-3/h4-15,22,26H,16-17H2,1-3H3,(H,28,31). The van der Waals surface area contributed by atoms with E-state index >= 15 is 0 Å². The molecule has 0 spiro atoms. The van der Waals surface area contributed by atoms with Crippen LogP contribution in [0.15, 0.2) is 72.8 Å². The lowest BCUT2D eigenvalue weighted by Gasteiger charge is -2.41. The van der Waals surface area contributed by atoms with Gasteiger partial charge in [0.25, 0.3) is 0 Å². The number of nitrogens with zero attached hydrogens (tertiary/aromatic N) is 1. The number of aryl methyl sites for hydroxylation is 1. The van der Waals surface area contributed by atoms with Crippen LogP contribution >= 0.6 is 0 Å². The molecule has 33 heavy (non-hydrogen) atoms. The summed E-state index contributed by atoms with van der Waals surface area (Å²) in [5.74, 6) is 0.722. The Labute approximate surface area is 194 Å². The SMILES string of the molecule is COc1ccc(C2C(C(=O)Nc3ccccc3OC)CCC(=O)N2c2ccc(C)cc2)cc1. The van der Waals surface area contributed by atoms with Crippen LogP contribution in [0.1, 0.15) is 30.0 Å². The summed E-state index contributed by atoms with van der Waals surface area (Å²) in [5.41, 5.74) is 3.37. The maximum atomic E-state index is 13.6. The molecule has 0 aromatic heterocycles. The zero-order chi connectivity index (χ0) is 23.4. The van der Waals surface area contributed by atoms with Crippen LogP contribution in [-0.4, -0.2) is 26.0 Å². The van der Waals surface area contributed by atoms with Gasteiger partial charge < -0.3 is 19.7 Å². The summed E-state index contributed by atoms with van der Waals surface area (Å²) < 4.78 is 10.7. The number of ether oxygens (including phenoxy) is 2. The van der Waals surface area contributed by atoms with Gasteiger partial charge in [-0.25, -0.2) is 0 Å². The molecule has 1 saturated heterocycles. The molecule has 1 N–H and O–H groups in total. The Balaban J connectivity index is 1.74. The average molecular weight is 445 g/mol. The van der Waals surface area contributed by atoms with Crippen molar-refractivity contribution in [1.82, 2.24) is 0 Å². The Hall–Kier alpha value is -3.80. The molecule has 1 aliphatic rings. The minimum absolute atomic E-state index is 0.000938. The van der Waals surface area contributed by atoms with Crippen molar-refractivity contribution in [3.05, 3.63) is 83.9 Å². The van der Waals surface area contributed by atoms with E-state index < -0.39 is 12.0 Å². The number of piperidine rings is 1.